The smallest absolute Gasteiger partial charge is 0.328 e. The molecule has 4 atom stereocenters. The quantitative estimate of drug-likeness (QED) is 0.173. The summed E-state index contributed by atoms with van der Waals surface area (Å²) < 4.78 is 35.4. The Morgan fingerprint density at radius 3 is 2.31 bits per heavy atom. The number of carbonyl (C=O) groups is 3. The van der Waals surface area contributed by atoms with Crippen molar-refractivity contribution in [1.29, 1.82) is 0 Å². The molecular formula is C27H36FN3O8. The van der Waals surface area contributed by atoms with Gasteiger partial charge in [0.25, 0.3) is 5.91 Å². The van der Waals surface area contributed by atoms with Crippen LogP contribution in [0, 0.1) is 17.7 Å². The maximum atomic E-state index is 13.2. The number of hydrogen-bond donors (Lipinski definition) is 3. The Labute approximate surface area is 227 Å². The monoisotopic (exact) mass is 549 g/mol. The number of amides is 2. The van der Waals surface area contributed by atoms with Crippen LogP contribution in [0.5, 0.6) is 11.5 Å². The molecule has 39 heavy (non-hydrogen) atoms. The van der Waals surface area contributed by atoms with E-state index in [0.29, 0.717) is 12.2 Å². The standard InChI is InChI=1S/C27H36FN3O8/c1-15(2)23(39-20-9-7-19(28)8-10-20)18(6)38-27(35)17(5)31-25(33)22-24(21(30-13-32)11-12-29-22)36-14-37-26(34)16(3)4/h7-13,15-18,23,26,34H,14H2,1-6H3,(H,31,33)(H,29,30,32)/t17-,18?,23?,26?/m0/s1. The molecule has 1 aromatic heterocycles. The number of pyridine rings is 1. The van der Waals surface area contributed by atoms with E-state index in [-0.39, 0.29) is 29.0 Å². The van der Waals surface area contributed by atoms with Crippen molar-refractivity contribution in [3.63, 3.8) is 0 Å². The summed E-state index contributed by atoms with van der Waals surface area (Å²) in [6.07, 6.45) is -0.684. The van der Waals surface area contributed by atoms with Crippen LogP contribution < -0.4 is 20.1 Å². The molecule has 0 aliphatic carbocycles. The fourth-order valence-electron chi connectivity index (χ4n) is 3.41. The van der Waals surface area contributed by atoms with Gasteiger partial charge in [-0.25, -0.2) is 14.2 Å². The SMILES string of the molecule is CC(C)C(O)OCOc1c(NC=O)ccnc1C(=O)N[C@@H](C)C(=O)OC(C)C(Oc1ccc(F)cc1)C(C)C. The molecule has 0 bridgehead atoms. The topological polar surface area (TPSA) is 145 Å². The fraction of sp³-hybridized carbons (Fsp3) is 0.481. The first kappa shape index (κ1) is 31.4. The minimum Gasteiger partial charge on any atom is -0.486 e. The zero-order valence-corrected chi connectivity index (χ0v) is 22.8. The number of ether oxygens (including phenoxy) is 4. The number of anilines is 1. The molecule has 0 aliphatic heterocycles. The Morgan fingerprint density at radius 1 is 1.05 bits per heavy atom. The first-order valence-electron chi connectivity index (χ1n) is 12.5. The van der Waals surface area contributed by atoms with Crippen molar-refractivity contribution >= 4 is 24.0 Å². The summed E-state index contributed by atoms with van der Waals surface area (Å²) in [6, 6.07) is 5.82. The average molecular weight is 550 g/mol. The lowest BCUT2D eigenvalue weighted by Gasteiger charge is -2.29. The van der Waals surface area contributed by atoms with Crippen molar-refractivity contribution in [3.05, 3.63) is 48.0 Å². The van der Waals surface area contributed by atoms with Crippen molar-refractivity contribution in [2.24, 2.45) is 11.8 Å². The van der Waals surface area contributed by atoms with Gasteiger partial charge in [0.2, 0.25) is 6.41 Å². The van der Waals surface area contributed by atoms with Crippen LogP contribution in [-0.4, -0.2) is 59.7 Å². The number of esters is 1. The van der Waals surface area contributed by atoms with E-state index in [9.17, 15) is 23.9 Å². The minimum atomic E-state index is -1.11. The minimum absolute atomic E-state index is 0.0591. The second-order valence-electron chi connectivity index (χ2n) is 9.48. The van der Waals surface area contributed by atoms with Crippen LogP contribution in [-0.2, 0) is 19.1 Å². The molecule has 0 fully saturated rings. The Kier molecular flexibility index (Phi) is 12.1. The first-order chi connectivity index (χ1) is 18.4. The molecule has 0 aliphatic rings. The zero-order valence-electron chi connectivity index (χ0n) is 22.8. The number of benzene rings is 1. The summed E-state index contributed by atoms with van der Waals surface area (Å²) in [5, 5.41) is 14.7. The predicted octanol–water partition coefficient (Wildman–Crippen LogP) is 3.27. The van der Waals surface area contributed by atoms with E-state index in [2.05, 4.69) is 15.6 Å². The van der Waals surface area contributed by atoms with Crippen LogP contribution in [0.2, 0.25) is 0 Å². The van der Waals surface area contributed by atoms with Gasteiger partial charge in [-0.3, -0.25) is 9.59 Å². The van der Waals surface area contributed by atoms with Crippen molar-refractivity contribution < 1.29 is 42.8 Å². The van der Waals surface area contributed by atoms with Crippen LogP contribution in [0.4, 0.5) is 10.1 Å². The van der Waals surface area contributed by atoms with Gasteiger partial charge in [-0.2, -0.15) is 0 Å². The van der Waals surface area contributed by atoms with Gasteiger partial charge < -0.3 is 34.7 Å². The van der Waals surface area contributed by atoms with Crippen molar-refractivity contribution in [2.75, 3.05) is 12.1 Å². The summed E-state index contributed by atoms with van der Waals surface area (Å²) in [6.45, 7) is 9.93. The lowest BCUT2D eigenvalue weighted by molar-refractivity contribution is -0.163. The van der Waals surface area contributed by atoms with E-state index in [4.69, 9.17) is 18.9 Å². The third-order valence-corrected chi connectivity index (χ3v) is 5.56. The van der Waals surface area contributed by atoms with Crippen molar-refractivity contribution in [1.82, 2.24) is 10.3 Å². The number of aromatic nitrogens is 1. The molecule has 11 nitrogen and oxygen atoms in total. The van der Waals surface area contributed by atoms with Crippen molar-refractivity contribution in [2.45, 2.75) is 66.1 Å². The second kappa shape index (κ2) is 15.0. The first-order valence-corrected chi connectivity index (χ1v) is 12.5. The molecule has 12 heteroatoms. The molecule has 0 radical (unpaired) electrons. The molecule has 0 spiro atoms. The van der Waals surface area contributed by atoms with E-state index in [1.165, 1.54) is 43.5 Å². The molecule has 1 aromatic carbocycles. The zero-order chi connectivity index (χ0) is 29.1. The number of nitrogens with one attached hydrogen (secondary N) is 2. The summed E-state index contributed by atoms with van der Waals surface area (Å²) in [5.41, 5.74) is -0.0914. The van der Waals surface area contributed by atoms with Gasteiger partial charge in [0.05, 0.1) is 5.69 Å². The van der Waals surface area contributed by atoms with Gasteiger partial charge in [0.1, 0.15) is 29.8 Å². The Morgan fingerprint density at radius 2 is 1.72 bits per heavy atom. The molecule has 2 amide bonds. The van der Waals surface area contributed by atoms with Gasteiger partial charge in [-0.1, -0.05) is 27.7 Å². The number of aliphatic hydroxyl groups excluding tert-OH is 1. The van der Waals surface area contributed by atoms with E-state index < -0.39 is 49.0 Å². The Bertz CT molecular complexity index is 1100. The maximum Gasteiger partial charge on any atom is 0.328 e. The number of aliphatic hydroxyl groups is 1. The van der Waals surface area contributed by atoms with Gasteiger partial charge in [-0.15, -0.1) is 0 Å². The van der Waals surface area contributed by atoms with Crippen LogP contribution >= 0.6 is 0 Å². The molecular weight excluding hydrogens is 513 g/mol. The fourth-order valence-corrected chi connectivity index (χ4v) is 3.41. The van der Waals surface area contributed by atoms with Crippen LogP contribution in [0.3, 0.4) is 0 Å². The third kappa shape index (κ3) is 9.48. The highest BCUT2D eigenvalue weighted by atomic mass is 19.1. The molecule has 2 aromatic rings. The Hall–Kier alpha value is -3.77. The van der Waals surface area contributed by atoms with Gasteiger partial charge >= 0.3 is 5.97 Å². The summed E-state index contributed by atoms with van der Waals surface area (Å²) >= 11 is 0. The van der Waals surface area contributed by atoms with Gasteiger partial charge in [0, 0.05) is 12.1 Å². The number of hydrogen-bond acceptors (Lipinski definition) is 9. The second-order valence-corrected chi connectivity index (χ2v) is 9.48. The molecule has 0 saturated heterocycles. The largest absolute Gasteiger partial charge is 0.486 e. The van der Waals surface area contributed by atoms with Crippen LogP contribution in [0.15, 0.2) is 36.5 Å². The maximum absolute atomic E-state index is 13.2. The average Bonchev–Trinajstić information content (AvgIpc) is 2.88. The molecule has 214 valence electrons. The van der Waals surface area contributed by atoms with E-state index in [1.807, 2.05) is 13.8 Å². The van der Waals surface area contributed by atoms with E-state index >= 15 is 0 Å². The molecule has 1 heterocycles. The summed E-state index contributed by atoms with van der Waals surface area (Å²) in [7, 11) is 0. The van der Waals surface area contributed by atoms with Crippen LogP contribution in [0.25, 0.3) is 0 Å². The highest BCUT2D eigenvalue weighted by Crippen LogP contribution is 2.27. The lowest BCUT2D eigenvalue weighted by Crippen LogP contribution is -2.44. The predicted molar refractivity (Wildman–Crippen MR) is 139 cm³/mol. The molecule has 3 N–H and O–H groups in total. The highest BCUT2D eigenvalue weighted by Gasteiger charge is 2.29. The van der Waals surface area contributed by atoms with Crippen molar-refractivity contribution in [3.8, 4) is 11.5 Å². The molecule has 3 unspecified atom stereocenters. The number of nitrogens with zero attached hydrogens (tertiary/aromatic N) is 1. The highest BCUT2D eigenvalue weighted by molar-refractivity contribution is 5.99. The number of rotatable bonds is 15. The van der Waals surface area contributed by atoms with Gasteiger partial charge in [-0.05, 0) is 50.1 Å². The molecule has 2 rings (SSSR count). The number of carbonyl (C=O) groups excluding carboxylic acids is 3. The van der Waals surface area contributed by atoms with E-state index in [0.717, 1.165) is 0 Å². The number of halogens is 1. The van der Waals surface area contributed by atoms with E-state index in [1.54, 1.807) is 20.8 Å². The summed E-state index contributed by atoms with van der Waals surface area (Å²) in [5.74, 6) is -1.85. The summed E-state index contributed by atoms with van der Waals surface area (Å²) in [4.78, 5) is 40.9. The lowest BCUT2D eigenvalue weighted by atomic mass is 10.0. The molecule has 0 saturated carbocycles. The van der Waals surface area contributed by atoms with Gasteiger partial charge in [0.15, 0.2) is 24.5 Å². The third-order valence-electron chi connectivity index (χ3n) is 5.56. The normalized spacial score (nSPS) is 14.2. The van der Waals surface area contributed by atoms with Crippen LogP contribution in [0.1, 0.15) is 52.0 Å². The Balaban J connectivity index is 2.09.